The molecule has 0 bridgehead atoms. The van der Waals surface area contributed by atoms with Gasteiger partial charge in [-0.3, -0.25) is 4.55 Å². The zero-order valence-corrected chi connectivity index (χ0v) is 31.1. The highest BCUT2D eigenvalue weighted by Gasteiger charge is 2.18. The van der Waals surface area contributed by atoms with Crippen molar-refractivity contribution in [3.8, 4) is 0 Å². The van der Waals surface area contributed by atoms with E-state index in [1.807, 2.05) is 18.2 Å². The van der Waals surface area contributed by atoms with Gasteiger partial charge in [0, 0.05) is 5.39 Å². The molecular formula is C42H72O3S. The van der Waals surface area contributed by atoms with E-state index in [4.69, 9.17) is 0 Å². The third-order valence-corrected chi connectivity index (χ3v) is 10.9. The van der Waals surface area contributed by atoms with Crippen molar-refractivity contribution in [2.24, 2.45) is 0 Å². The van der Waals surface area contributed by atoms with Crippen molar-refractivity contribution < 1.29 is 13.0 Å². The monoisotopic (exact) mass is 657 g/mol. The summed E-state index contributed by atoms with van der Waals surface area (Å²) in [7, 11) is -4.29. The number of benzene rings is 2. The molecule has 0 unspecified atom stereocenters. The minimum atomic E-state index is -4.29. The molecule has 0 saturated heterocycles. The van der Waals surface area contributed by atoms with Crippen molar-refractivity contribution in [1.29, 1.82) is 0 Å². The minimum Gasteiger partial charge on any atom is -0.282 e. The predicted molar refractivity (Wildman–Crippen MR) is 202 cm³/mol. The average Bonchev–Trinajstić information content (AvgIpc) is 3.04. The summed E-state index contributed by atoms with van der Waals surface area (Å²) in [5.74, 6) is 0. The van der Waals surface area contributed by atoms with E-state index in [9.17, 15) is 13.0 Å². The van der Waals surface area contributed by atoms with Crippen LogP contribution in [0.2, 0.25) is 0 Å². The molecule has 0 aliphatic rings. The SMILES string of the molecule is CCCCCCCCCCCCCCCCc1cc(S(=O)(=O)O)c2c(CCCCCCCCCCCCCCCC)cccc2c1. The summed E-state index contributed by atoms with van der Waals surface area (Å²) >= 11 is 0. The van der Waals surface area contributed by atoms with Crippen molar-refractivity contribution in [2.45, 2.75) is 211 Å². The van der Waals surface area contributed by atoms with E-state index in [1.54, 1.807) is 6.07 Å². The lowest BCUT2D eigenvalue weighted by Crippen LogP contribution is -2.03. The third-order valence-electron chi connectivity index (χ3n) is 9.98. The van der Waals surface area contributed by atoms with Crippen LogP contribution in [0.15, 0.2) is 35.2 Å². The molecule has 2 aromatic rings. The van der Waals surface area contributed by atoms with Crippen LogP contribution in [0.4, 0.5) is 0 Å². The number of fused-ring (bicyclic) bond motifs is 1. The van der Waals surface area contributed by atoms with Gasteiger partial charge in [0.25, 0.3) is 10.1 Å². The molecule has 46 heavy (non-hydrogen) atoms. The van der Waals surface area contributed by atoms with Crippen LogP contribution in [0.3, 0.4) is 0 Å². The summed E-state index contributed by atoms with van der Waals surface area (Å²) in [6, 6.07) is 10.0. The quantitative estimate of drug-likeness (QED) is 0.0649. The van der Waals surface area contributed by atoms with Gasteiger partial charge in [0.1, 0.15) is 4.90 Å². The Labute approximate surface area is 285 Å². The van der Waals surface area contributed by atoms with Crippen molar-refractivity contribution in [1.82, 2.24) is 0 Å². The van der Waals surface area contributed by atoms with Crippen molar-refractivity contribution in [2.75, 3.05) is 0 Å². The third kappa shape index (κ3) is 18.8. The largest absolute Gasteiger partial charge is 0.295 e. The van der Waals surface area contributed by atoms with Gasteiger partial charge >= 0.3 is 0 Å². The van der Waals surface area contributed by atoms with Crippen LogP contribution in [-0.4, -0.2) is 13.0 Å². The molecule has 0 aromatic heterocycles. The van der Waals surface area contributed by atoms with Gasteiger partial charge in [0.2, 0.25) is 0 Å². The molecule has 0 spiro atoms. The van der Waals surface area contributed by atoms with Crippen molar-refractivity contribution in [3.63, 3.8) is 0 Å². The molecule has 0 aliphatic heterocycles. The zero-order chi connectivity index (χ0) is 33.1. The summed E-state index contributed by atoms with van der Waals surface area (Å²) in [4.78, 5) is 0.103. The lowest BCUT2D eigenvalue weighted by molar-refractivity contribution is 0.484. The predicted octanol–water partition coefficient (Wildman–Crippen LogP) is 14.1. The maximum absolute atomic E-state index is 12.5. The van der Waals surface area contributed by atoms with E-state index in [2.05, 4.69) is 19.9 Å². The second-order valence-electron chi connectivity index (χ2n) is 14.3. The summed E-state index contributed by atoms with van der Waals surface area (Å²) in [6.07, 6.45) is 38.9. The van der Waals surface area contributed by atoms with Crippen LogP contribution in [0, 0.1) is 0 Å². The lowest BCUT2D eigenvalue weighted by atomic mass is 9.96. The first kappa shape index (κ1) is 40.8. The summed E-state index contributed by atoms with van der Waals surface area (Å²) in [6.45, 7) is 4.55. The number of hydrogen-bond donors (Lipinski definition) is 1. The van der Waals surface area contributed by atoms with E-state index in [0.717, 1.165) is 47.6 Å². The van der Waals surface area contributed by atoms with Gasteiger partial charge in [0.15, 0.2) is 0 Å². The molecule has 0 saturated carbocycles. The highest BCUT2D eigenvalue weighted by Crippen LogP contribution is 2.30. The first-order valence-corrected chi connectivity index (χ1v) is 21.4. The summed E-state index contributed by atoms with van der Waals surface area (Å²) in [5.41, 5.74) is 2.07. The molecular weight excluding hydrogens is 585 g/mol. The van der Waals surface area contributed by atoms with E-state index < -0.39 is 10.1 Å². The Morgan fingerprint density at radius 1 is 0.478 bits per heavy atom. The number of hydrogen-bond acceptors (Lipinski definition) is 2. The molecule has 3 nitrogen and oxygen atoms in total. The summed E-state index contributed by atoms with van der Waals surface area (Å²) < 4.78 is 35.2. The Kier molecular flexibility index (Phi) is 23.5. The average molecular weight is 657 g/mol. The maximum Gasteiger partial charge on any atom is 0.295 e. The smallest absolute Gasteiger partial charge is 0.282 e. The Hall–Kier alpha value is -1.39. The topological polar surface area (TPSA) is 54.4 Å². The summed E-state index contributed by atoms with van der Waals surface area (Å²) in [5, 5.41) is 1.67. The Balaban J connectivity index is 1.67. The van der Waals surface area contributed by atoms with Crippen molar-refractivity contribution >= 4 is 20.9 Å². The van der Waals surface area contributed by atoms with Gasteiger partial charge in [-0.15, -0.1) is 0 Å². The molecule has 264 valence electrons. The van der Waals surface area contributed by atoms with Gasteiger partial charge < -0.3 is 0 Å². The molecule has 2 rings (SSSR count). The Morgan fingerprint density at radius 3 is 1.24 bits per heavy atom. The molecule has 0 heterocycles. The number of rotatable bonds is 31. The molecule has 0 radical (unpaired) electrons. The molecule has 0 fully saturated rings. The molecule has 1 N–H and O–H groups in total. The Morgan fingerprint density at radius 2 is 0.848 bits per heavy atom. The van der Waals surface area contributed by atoms with Gasteiger partial charge in [-0.2, -0.15) is 8.42 Å². The van der Waals surface area contributed by atoms with Crippen LogP contribution in [-0.2, 0) is 23.0 Å². The minimum absolute atomic E-state index is 0.103. The van der Waals surface area contributed by atoms with E-state index >= 15 is 0 Å². The van der Waals surface area contributed by atoms with E-state index in [-0.39, 0.29) is 4.90 Å². The molecule has 0 amide bonds. The van der Waals surface area contributed by atoms with Gasteiger partial charge in [-0.1, -0.05) is 205 Å². The fraction of sp³-hybridized carbons (Fsp3) is 0.762. The van der Waals surface area contributed by atoms with Gasteiger partial charge in [-0.05, 0) is 48.3 Å². The molecule has 0 aliphatic carbocycles. The van der Waals surface area contributed by atoms with Crippen LogP contribution in [0.25, 0.3) is 10.8 Å². The lowest BCUT2D eigenvalue weighted by Gasteiger charge is -2.13. The van der Waals surface area contributed by atoms with Gasteiger partial charge in [0.05, 0.1) is 0 Å². The maximum atomic E-state index is 12.5. The molecule has 0 atom stereocenters. The van der Waals surface area contributed by atoms with E-state index in [1.165, 1.54) is 167 Å². The standard InChI is InChI=1S/C42H72O3S/c1-3-5-7-9-11-13-15-17-19-21-23-25-27-29-32-38-36-40-35-31-34-39(42(40)41(37-38)46(43,44)45)33-30-28-26-24-22-20-18-16-14-12-10-8-6-4-2/h31,34-37H,3-30,32-33H2,1-2H3,(H,43,44,45). The van der Waals surface area contributed by atoms with Crippen LogP contribution < -0.4 is 0 Å². The highest BCUT2D eigenvalue weighted by molar-refractivity contribution is 7.86. The highest BCUT2D eigenvalue weighted by atomic mass is 32.2. The fourth-order valence-corrected chi connectivity index (χ4v) is 7.92. The zero-order valence-electron chi connectivity index (χ0n) is 30.3. The normalized spacial score (nSPS) is 12.0. The van der Waals surface area contributed by atoms with Gasteiger partial charge in [-0.25, -0.2) is 0 Å². The number of unbranched alkanes of at least 4 members (excludes halogenated alkanes) is 26. The first-order chi connectivity index (χ1) is 22.5. The second-order valence-corrected chi connectivity index (χ2v) is 15.7. The van der Waals surface area contributed by atoms with Crippen LogP contribution >= 0.6 is 0 Å². The first-order valence-electron chi connectivity index (χ1n) is 20.0. The second kappa shape index (κ2) is 26.6. The van der Waals surface area contributed by atoms with Crippen LogP contribution in [0.1, 0.15) is 205 Å². The number of aryl methyl sites for hydroxylation is 2. The fourth-order valence-electron chi connectivity index (χ4n) is 7.11. The molecule has 2 aromatic carbocycles. The van der Waals surface area contributed by atoms with Crippen LogP contribution in [0.5, 0.6) is 0 Å². The van der Waals surface area contributed by atoms with Crippen molar-refractivity contribution in [3.05, 3.63) is 41.5 Å². The molecule has 4 heteroatoms. The Bertz CT molecular complexity index is 1120. The van der Waals surface area contributed by atoms with E-state index in [0.29, 0.717) is 0 Å².